The van der Waals surface area contributed by atoms with Crippen LogP contribution in [0, 0.1) is 0 Å². The van der Waals surface area contributed by atoms with Gasteiger partial charge >= 0.3 is 6.03 Å². The number of nitrogens with zero attached hydrogens (tertiary/aromatic N) is 1. The predicted molar refractivity (Wildman–Crippen MR) is 127 cm³/mol. The summed E-state index contributed by atoms with van der Waals surface area (Å²) in [6.45, 7) is 0. The monoisotopic (exact) mass is 479 g/mol. The van der Waals surface area contributed by atoms with Gasteiger partial charge in [0.2, 0.25) is 5.89 Å². The second kappa shape index (κ2) is 10.2. The lowest BCUT2D eigenvalue weighted by molar-refractivity contribution is 0.0965. The van der Waals surface area contributed by atoms with Gasteiger partial charge < -0.3 is 18.6 Å². The van der Waals surface area contributed by atoms with Crippen molar-refractivity contribution < 1.29 is 28.2 Å². The summed E-state index contributed by atoms with van der Waals surface area (Å²) in [5.74, 6) is 1.52. The number of hydrogen-bond acceptors (Lipinski definition) is 8. The second-order valence-electron chi connectivity index (χ2n) is 6.93. The Morgan fingerprint density at radius 1 is 0.882 bits per heavy atom. The number of methoxy groups -OCH3 is 3. The van der Waals surface area contributed by atoms with Crippen molar-refractivity contribution in [1.29, 1.82) is 0 Å². The Labute approximate surface area is 199 Å². The van der Waals surface area contributed by atoms with Crippen LogP contribution in [0.5, 0.6) is 17.2 Å². The van der Waals surface area contributed by atoms with Crippen molar-refractivity contribution in [3.63, 3.8) is 0 Å². The molecule has 0 aliphatic rings. The van der Waals surface area contributed by atoms with E-state index >= 15 is 0 Å². The molecule has 0 saturated carbocycles. The zero-order chi connectivity index (χ0) is 24.1. The summed E-state index contributed by atoms with van der Waals surface area (Å²) in [4.78, 5) is 29.8. The van der Waals surface area contributed by atoms with Crippen LogP contribution in [0.2, 0.25) is 0 Å². The molecule has 0 aliphatic carbocycles. The van der Waals surface area contributed by atoms with Crippen LogP contribution in [0.3, 0.4) is 0 Å². The van der Waals surface area contributed by atoms with E-state index in [-0.39, 0.29) is 5.56 Å². The number of aromatic nitrogens is 1. The fourth-order valence-electron chi connectivity index (χ4n) is 3.11. The normalized spacial score (nSPS) is 10.6. The number of oxazole rings is 1. The molecule has 10 heteroatoms. The summed E-state index contributed by atoms with van der Waals surface area (Å²) in [6, 6.07) is 16.7. The molecule has 0 fully saturated rings. The van der Waals surface area contributed by atoms with E-state index in [9.17, 15) is 9.59 Å². The molecule has 1 heterocycles. The van der Waals surface area contributed by atoms with E-state index in [0.29, 0.717) is 28.5 Å². The van der Waals surface area contributed by atoms with Crippen LogP contribution in [0.1, 0.15) is 10.4 Å². The molecule has 1 aromatic heterocycles. The Balaban J connectivity index is 1.39. The van der Waals surface area contributed by atoms with Gasteiger partial charge in [-0.15, -0.1) is 0 Å². The fourth-order valence-corrected chi connectivity index (χ4v) is 3.68. The quantitative estimate of drug-likeness (QED) is 0.368. The van der Waals surface area contributed by atoms with Crippen LogP contribution >= 0.6 is 11.9 Å². The zero-order valence-corrected chi connectivity index (χ0v) is 19.4. The molecule has 9 nitrogen and oxygen atoms in total. The highest BCUT2D eigenvalue weighted by Crippen LogP contribution is 2.29. The van der Waals surface area contributed by atoms with Gasteiger partial charge in [0.25, 0.3) is 5.91 Å². The maximum atomic E-state index is 12.4. The average Bonchev–Trinajstić information content (AvgIpc) is 3.30. The first-order chi connectivity index (χ1) is 16.5. The summed E-state index contributed by atoms with van der Waals surface area (Å²) < 4.78 is 23.9. The summed E-state index contributed by atoms with van der Waals surface area (Å²) in [6.07, 6.45) is 0. The van der Waals surface area contributed by atoms with Crippen LogP contribution in [0.25, 0.3) is 22.6 Å². The molecule has 3 amide bonds. The highest BCUT2D eigenvalue weighted by molar-refractivity contribution is 7.98. The van der Waals surface area contributed by atoms with Crippen LogP contribution in [0.4, 0.5) is 4.79 Å². The van der Waals surface area contributed by atoms with E-state index in [1.165, 1.54) is 26.4 Å². The van der Waals surface area contributed by atoms with Gasteiger partial charge in [-0.3, -0.25) is 14.8 Å². The first kappa shape index (κ1) is 23.0. The number of imide groups is 1. The Kier molecular flexibility index (Phi) is 6.88. The van der Waals surface area contributed by atoms with Crippen LogP contribution in [-0.4, -0.2) is 38.3 Å². The van der Waals surface area contributed by atoms with E-state index in [2.05, 4.69) is 15.0 Å². The Morgan fingerprint density at radius 3 is 2.35 bits per heavy atom. The lowest BCUT2D eigenvalue weighted by atomic mass is 10.2. The van der Waals surface area contributed by atoms with Gasteiger partial charge in [-0.1, -0.05) is 0 Å². The number of fused-ring (bicyclic) bond motifs is 1. The number of carbonyl (C=O) groups excluding carboxylic acids is 2. The molecule has 3 aromatic carbocycles. The number of amides is 3. The molecular weight excluding hydrogens is 458 g/mol. The average molecular weight is 480 g/mol. The molecule has 0 aliphatic heterocycles. The largest absolute Gasteiger partial charge is 0.497 e. The Hall–Kier alpha value is -4.18. The van der Waals surface area contributed by atoms with E-state index in [0.717, 1.165) is 28.2 Å². The fraction of sp³-hybridized carbons (Fsp3) is 0.125. The minimum atomic E-state index is -0.663. The third-order valence-electron chi connectivity index (χ3n) is 4.83. The molecule has 2 N–H and O–H groups in total. The standard InChI is InChI=1S/C24H21N3O6S/c1-30-16-7-4-14(5-8-16)23-25-18-13-17(9-11-19(18)33-23)34-27-24(29)26-22(28)15-6-10-20(31-2)21(12-15)32-3/h4-13H,1-3H3,(H2,26,27,28,29). The molecule has 4 aromatic rings. The van der Waals surface area contributed by atoms with Gasteiger partial charge in [0, 0.05) is 16.0 Å². The second-order valence-corrected chi connectivity index (χ2v) is 7.81. The van der Waals surface area contributed by atoms with E-state index in [4.69, 9.17) is 18.6 Å². The predicted octanol–water partition coefficient (Wildman–Crippen LogP) is 4.67. The lowest BCUT2D eigenvalue weighted by Crippen LogP contribution is -2.36. The highest BCUT2D eigenvalue weighted by Gasteiger charge is 2.14. The van der Waals surface area contributed by atoms with Gasteiger partial charge in [0.15, 0.2) is 17.1 Å². The van der Waals surface area contributed by atoms with Gasteiger partial charge in [-0.2, -0.15) is 0 Å². The summed E-state index contributed by atoms with van der Waals surface area (Å²) in [7, 11) is 4.57. The molecule has 0 radical (unpaired) electrons. The van der Waals surface area contributed by atoms with Gasteiger partial charge in [0.05, 0.1) is 21.3 Å². The smallest absolute Gasteiger partial charge is 0.331 e. The molecule has 0 unspecified atom stereocenters. The molecule has 4 rings (SSSR count). The van der Waals surface area contributed by atoms with Crippen molar-refractivity contribution in [3.05, 3.63) is 66.2 Å². The third-order valence-corrected chi connectivity index (χ3v) is 5.61. The molecule has 0 saturated heterocycles. The molecular formula is C24H21N3O6S. The number of benzene rings is 3. The van der Waals surface area contributed by atoms with Crippen molar-refractivity contribution in [2.24, 2.45) is 0 Å². The SMILES string of the molecule is COc1ccc(-c2nc3cc(SNC(=O)NC(=O)c4ccc(OC)c(OC)c4)ccc3o2)cc1. The van der Waals surface area contributed by atoms with Crippen molar-refractivity contribution in [2.75, 3.05) is 21.3 Å². The van der Waals surface area contributed by atoms with E-state index < -0.39 is 11.9 Å². The van der Waals surface area contributed by atoms with Crippen molar-refractivity contribution >= 4 is 35.0 Å². The van der Waals surface area contributed by atoms with Gasteiger partial charge in [0.1, 0.15) is 11.3 Å². The first-order valence-electron chi connectivity index (χ1n) is 10.1. The molecule has 34 heavy (non-hydrogen) atoms. The van der Waals surface area contributed by atoms with Crippen LogP contribution in [0.15, 0.2) is 70.0 Å². The highest BCUT2D eigenvalue weighted by atomic mass is 32.2. The van der Waals surface area contributed by atoms with Gasteiger partial charge in [-0.05, 0) is 72.6 Å². The topological polar surface area (TPSA) is 112 Å². The van der Waals surface area contributed by atoms with Crippen molar-refractivity contribution in [3.8, 4) is 28.7 Å². The minimum Gasteiger partial charge on any atom is -0.497 e. The number of carbonyl (C=O) groups is 2. The Morgan fingerprint density at radius 2 is 1.65 bits per heavy atom. The lowest BCUT2D eigenvalue weighted by Gasteiger charge is -2.10. The number of hydrogen-bond donors (Lipinski definition) is 2. The summed E-state index contributed by atoms with van der Waals surface area (Å²) in [5, 5.41) is 2.28. The number of nitrogens with one attached hydrogen (secondary N) is 2. The van der Waals surface area contributed by atoms with Gasteiger partial charge in [-0.25, -0.2) is 9.78 Å². The van der Waals surface area contributed by atoms with E-state index in [1.54, 1.807) is 31.4 Å². The maximum absolute atomic E-state index is 12.4. The van der Waals surface area contributed by atoms with Crippen LogP contribution < -0.4 is 24.2 Å². The third kappa shape index (κ3) is 5.07. The zero-order valence-electron chi connectivity index (χ0n) is 18.6. The maximum Gasteiger partial charge on any atom is 0.331 e. The molecule has 0 atom stereocenters. The summed E-state index contributed by atoms with van der Waals surface area (Å²) in [5.41, 5.74) is 2.33. The number of urea groups is 1. The first-order valence-corrected chi connectivity index (χ1v) is 10.9. The molecule has 0 bridgehead atoms. The van der Waals surface area contributed by atoms with Crippen molar-refractivity contribution in [1.82, 2.24) is 15.0 Å². The molecule has 0 spiro atoms. The van der Waals surface area contributed by atoms with Crippen LogP contribution in [-0.2, 0) is 0 Å². The summed E-state index contributed by atoms with van der Waals surface area (Å²) >= 11 is 1.05. The molecule has 174 valence electrons. The van der Waals surface area contributed by atoms with Crippen molar-refractivity contribution in [2.45, 2.75) is 4.90 Å². The van der Waals surface area contributed by atoms with E-state index in [1.807, 2.05) is 24.3 Å². The number of ether oxygens (including phenoxy) is 3. The Bertz CT molecular complexity index is 1340. The number of rotatable bonds is 7. The minimum absolute atomic E-state index is 0.257.